The lowest BCUT2D eigenvalue weighted by molar-refractivity contribution is 0.203. The molecule has 2 bridgehead atoms. The molecule has 0 aliphatic carbocycles. The van der Waals surface area contributed by atoms with Crippen LogP contribution in [0.15, 0.2) is 54.6 Å². The maximum absolute atomic E-state index is 2.71. The normalized spacial score (nSPS) is 23.8. The summed E-state index contributed by atoms with van der Waals surface area (Å²) in [6.07, 6.45) is 6.39. The second-order valence-electron chi connectivity index (χ2n) is 7.15. The van der Waals surface area contributed by atoms with Gasteiger partial charge in [-0.1, -0.05) is 54.6 Å². The molecule has 1 saturated heterocycles. The van der Waals surface area contributed by atoms with E-state index >= 15 is 0 Å². The van der Waals surface area contributed by atoms with Crippen LogP contribution in [-0.2, 0) is 6.54 Å². The Morgan fingerprint density at radius 1 is 0.957 bits per heavy atom. The van der Waals surface area contributed by atoms with E-state index in [1.165, 1.54) is 41.5 Å². The summed E-state index contributed by atoms with van der Waals surface area (Å²) in [6.45, 7) is 5.51. The van der Waals surface area contributed by atoms with Gasteiger partial charge in [-0.3, -0.25) is 4.90 Å². The van der Waals surface area contributed by atoms with Crippen molar-refractivity contribution >= 4 is 5.57 Å². The van der Waals surface area contributed by atoms with Crippen LogP contribution in [-0.4, -0.2) is 17.0 Å². The van der Waals surface area contributed by atoms with Gasteiger partial charge in [0.25, 0.3) is 0 Å². The van der Waals surface area contributed by atoms with Gasteiger partial charge in [0.1, 0.15) is 0 Å². The van der Waals surface area contributed by atoms with Gasteiger partial charge in [-0.25, -0.2) is 0 Å². The number of hydrogen-bond donors (Lipinski definition) is 0. The zero-order valence-corrected chi connectivity index (χ0v) is 14.1. The van der Waals surface area contributed by atoms with E-state index in [2.05, 4.69) is 73.4 Å². The molecule has 2 aromatic carbocycles. The van der Waals surface area contributed by atoms with Crippen LogP contribution in [0.25, 0.3) is 5.57 Å². The van der Waals surface area contributed by atoms with Crippen LogP contribution in [0.4, 0.5) is 0 Å². The third-order valence-corrected chi connectivity index (χ3v) is 5.63. The first-order valence-electron chi connectivity index (χ1n) is 8.79. The predicted octanol–water partition coefficient (Wildman–Crippen LogP) is 5.12. The number of hydrogen-bond acceptors (Lipinski definition) is 1. The summed E-state index contributed by atoms with van der Waals surface area (Å²) in [4.78, 5) is 2.71. The molecule has 23 heavy (non-hydrogen) atoms. The highest BCUT2D eigenvalue weighted by Crippen LogP contribution is 2.39. The first-order chi connectivity index (χ1) is 11.2. The van der Waals surface area contributed by atoms with Crippen LogP contribution in [0.2, 0.25) is 0 Å². The van der Waals surface area contributed by atoms with Crippen LogP contribution in [0.3, 0.4) is 0 Å². The van der Waals surface area contributed by atoms with Gasteiger partial charge in [-0.05, 0) is 60.9 Å². The lowest BCUT2D eigenvalue weighted by atomic mass is 9.92. The standard InChI is InChI=1S/C22H25N/c1-16-8-9-19(12-17(16)2)20-13-21-10-11-22(14-20)23(21)15-18-6-4-3-5-7-18/h3-9,12-13,21-22H,10-11,14-15H2,1-2H3. The smallest absolute Gasteiger partial charge is 0.0291 e. The molecule has 4 rings (SSSR count). The fourth-order valence-corrected chi connectivity index (χ4v) is 4.11. The number of fused-ring (bicyclic) bond motifs is 2. The lowest BCUT2D eigenvalue weighted by Crippen LogP contribution is -2.37. The average Bonchev–Trinajstić information content (AvgIpc) is 2.80. The first-order valence-corrected chi connectivity index (χ1v) is 8.79. The molecule has 1 heteroatoms. The van der Waals surface area contributed by atoms with Crippen LogP contribution >= 0.6 is 0 Å². The van der Waals surface area contributed by atoms with Crippen molar-refractivity contribution in [2.45, 2.75) is 51.7 Å². The summed E-state index contributed by atoms with van der Waals surface area (Å²) in [6, 6.07) is 19.2. The van der Waals surface area contributed by atoms with E-state index in [4.69, 9.17) is 0 Å². The van der Waals surface area contributed by atoms with E-state index in [9.17, 15) is 0 Å². The minimum atomic E-state index is 0.616. The Balaban J connectivity index is 1.58. The van der Waals surface area contributed by atoms with Crippen molar-refractivity contribution in [1.82, 2.24) is 4.90 Å². The van der Waals surface area contributed by atoms with Gasteiger partial charge < -0.3 is 0 Å². The molecule has 1 fully saturated rings. The van der Waals surface area contributed by atoms with E-state index in [1.54, 1.807) is 5.57 Å². The Bertz CT molecular complexity index is 729. The Morgan fingerprint density at radius 2 is 1.78 bits per heavy atom. The average molecular weight is 303 g/mol. The highest BCUT2D eigenvalue weighted by atomic mass is 15.2. The van der Waals surface area contributed by atoms with Gasteiger partial charge in [-0.15, -0.1) is 0 Å². The van der Waals surface area contributed by atoms with Crippen LogP contribution in [0.5, 0.6) is 0 Å². The quantitative estimate of drug-likeness (QED) is 0.760. The molecular formula is C22H25N. The molecule has 0 amide bonds. The van der Waals surface area contributed by atoms with Gasteiger partial charge in [0.15, 0.2) is 0 Å². The Kier molecular flexibility index (Phi) is 3.82. The molecule has 0 spiro atoms. The SMILES string of the molecule is Cc1ccc(C2=CC3CCC(C2)N3Cc2ccccc2)cc1C. The number of aryl methyl sites for hydroxylation is 2. The summed E-state index contributed by atoms with van der Waals surface area (Å²) in [5.74, 6) is 0. The molecule has 1 nitrogen and oxygen atoms in total. The van der Waals surface area contributed by atoms with Crippen LogP contribution < -0.4 is 0 Å². The molecule has 2 heterocycles. The molecule has 0 saturated carbocycles. The van der Waals surface area contributed by atoms with Crippen molar-refractivity contribution in [3.05, 3.63) is 76.9 Å². The predicted molar refractivity (Wildman–Crippen MR) is 97.3 cm³/mol. The van der Waals surface area contributed by atoms with E-state index in [0.717, 1.165) is 6.54 Å². The Hall–Kier alpha value is -1.86. The van der Waals surface area contributed by atoms with E-state index in [0.29, 0.717) is 12.1 Å². The molecule has 0 radical (unpaired) electrons. The second kappa shape index (κ2) is 5.98. The largest absolute Gasteiger partial charge is 0.289 e. The zero-order valence-electron chi connectivity index (χ0n) is 14.1. The van der Waals surface area contributed by atoms with Crippen molar-refractivity contribution in [1.29, 1.82) is 0 Å². The summed E-state index contributed by atoms with van der Waals surface area (Å²) in [7, 11) is 0. The molecule has 118 valence electrons. The van der Waals surface area contributed by atoms with E-state index in [-0.39, 0.29) is 0 Å². The third kappa shape index (κ3) is 2.86. The van der Waals surface area contributed by atoms with Crippen molar-refractivity contribution < 1.29 is 0 Å². The molecular weight excluding hydrogens is 278 g/mol. The van der Waals surface area contributed by atoms with Crippen molar-refractivity contribution in [2.75, 3.05) is 0 Å². The summed E-state index contributed by atoms with van der Waals surface area (Å²) in [5, 5.41) is 0. The lowest BCUT2D eigenvalue weighted by Gasteiger charge is -2.34. The van der Waals surface area contributed by atoms with Crippen molar-refractivity contribution in [2.24, 2.45) is 0 Å². The topological polar surface area (TPSA) is 3.24 Å². The molecule has 2 aliphatic heterocycles. The van der Waals surface area contributed by atoms with Crippen LogP contribution in [0.1, 0.15) is 41.5 Å². The minimum Gasteiger partial charge on any atom is -0.289 e. The Labute approximate surface area is 139 Å². The molecule has 2 aliphatic rings. The van der Waals surface area contributed by atoms with Crippen molar-refractivity contribution in [3.8, 4) is 0 Å². The fourth-order valence-electron chi connectivity index (χ4n) is 4.11. The summed E-state index contributed by atoms with van der Waals surface area (Å²) in [5.41, 5.74) is 7.23. The van der Waals surface area contributed by atoms with Gasteiger partial charge in [0, 0.05) is 18.6 Å². The number of benzene rings is 2. The molecule has 0 aromatic heterocycles. The van der Waals surface area contributed by atoms with Gasteiger partial charge >= 0.3 is 0 Å². The highest BCUT2D eigenvalue weighted by Gasteiger charge is 2.36. The maximum Gasteiger partial charge on any atom is 0.0291 e. The number of rotatable bonds is 3. The highest BCUT2D eigenvalue weighted by molar-refractivity contribution is 5.69. The molecule has 2 atom stereocenters. The van der Waals surface area contributed by atoms with Crippen molar-refractivity contribution in [3.63, 3.8) is 0 Å². The third-order valence-electron chi connectivity index (χ3n) is 5.63. The van der Waals surface area contributed by atoms with Gasteiger partial charge in [0.2, 0.25) is 0 Å². The van der Waals surface area contributed by atoms with E-state index in [1.807, 2.05) is 0 Å². The van der Waals surface area contributed by atoms with Gasteiger partial charge in [0.05, 0.1) is 0 Å². The monoisotopic (exact) mass is 303 g/mol. The minimum absolute atomic E-state index is 0.616. The van der Waals surface area contributed by atoms with Gasteiger partial charge in [-0.2, -0.15) is 0 Å². The molecule has 0 N–H and O–H groups in total. The molecule has 2 aromatic rings. The maximum atomic E-state index is 2.71. The first kappa shape index (κ1) is 14.7. The zero-order chi connectivity index (χ0) is 15.8. The number of nitrogens with zero attached hydrogens (tertiary/aromatic N) is 1. The Morgan fingerprint density at radius 3 is 2.52 bits per heavy atom. The van der Waals surface area contributed by atoms with E-state index < -0.39 is 0 Å². The molecule has 2 unspecified atom stereocenters. The second-order valence-corrected chi connectivity index (χ2v) is 7.15. The van der Waals surface area contributed by atoms with Crippen LogP contribution in [0, 0.1) is 13.8 Å². The fraction of sp³-hybridized carbons (Fsp3) is 0.364. The summed E-state index contributed by atoms with van der Waals surface area (Å²) >= 11 is 0. The summed E-state index contributed by atoms with van der Waals surface area (Å²) < 4.78 is 0.